The van der Waals surface area contributed by atoms with Gasteiger partial charge in [0.2, 0.25) is 0 Å². The molecule has 0 spiro atoms. The van der Waals surface area contributed by atoms with Crippen LogP contribution >= 0.6 is 0 Å². The van der Waals surface area contributed by atoms with E-state index in [2.05, 4.69) is 4.90 Å². The van der Waals surface area contributed by atoms with Gasteiger partial charge in [0.1, 0.15) is 12.4 Å². The van der Waals surface area contributed by atoms with Gasteiger partial charge < -0.3 is 9.84 Å². The van der Waals surface area contributed by atoms with E-state index in [9.17, 15) is 5.11 Å². The molecular formula is C15H23NO2. The molecule has 0 aliphatic carbocycles. The van der Waals surface area contributed by atoms with Crippen molar-refractivity contribution in [2.45, 2.75) is 32.3 Å². The van der Waals surface area contributed by atoms with Gasteiger partial charge in [-0.3, -0.25) is 4.90 Å². The second kappa shape index (κ2) is 6.76. The van der Waals surface area contributed by atoms with Crippen LogP contribution in [-0.4, -0.2) is 36.2 Å². The molecule has 3 heteroatoms. The Morgan fingerprint density at radius 2 is 1.83 bits per heavy atom. The Hall–Kier alpha value is -1.06. The quantitative estimate of drug-likeness (QED) is 0.870. The summed E-state index contributed by atoms with van der Waals surface area (Å²) < 4.78 is 5.72. The van der Waals surface area contributed by atoms with E-state index in [0.29, 0.717) is 0 Å². The Bertz CT molecular complexity index is 342. The number of ether oxygens (including phenoxy) is 1. The number of aliphatic hydroxyl groups excluding tert-OH is 1. The van der Waals surface area contributed by atoms with Crippen LogP contribution in [0.25, 0.3) is 0 Å². The topological polar surface area (TPSA) is 32.7 Å². The zero-order valence-electron chi connectivity index (χ0n) is 11.1. The molecule has 2 rings (SSSR count). The van der Waals surface area contributed by atoms with Crippen molar-refractivity contribution in [3.05, 3.63) is 29.8 Å². The van der Waals surface area contributed by atoms with Gasteiger partial charge in [-0.2, -0.15) is 0 Å². The summed E-state index contributed by atoms with van der Waals surface area (Å²) in [6.45, 7) is 5.95. The summed E-state index contributed by atoms with van der Waals surface area (Å²) in [6, 6.07) is 7.69. The maximum Gasteiger partial charge on any atom is 0.119 e. The summed E-state index contributed by atoms with van der Waals surface area (Å²) in [5.74, 6) is 0.886. The minimum absolute atomic E-state index is 0.410. The summed E-state index contributed by atoms with van der Waals surface area (Å²) in [5, 5.41) is 9.41. The van der Waals surface area contributed by atoms with Crippen molar-refractivity contribution >= 4 is 0 Å². The first kappa shape index (κ1) is 13.4. The molecule has 1 aromatic rings. The first-order valence-electron chi connectivity index (χ1n) is 6.89. The van der Waals surface area contributed by atoms with Crippen molar-refractivity contribution in [1.82, 2.24) is 4.90 Å². The molecule has 0 unspecified atom stereocenters. The maximum absolute atomic E-state index is 9.41. The van der Waals surface area contributed by atoms with E-state index in [1.807, 2.05) is 24.3 Å². The second-order valence-electron chi connectivity index (χ2n) is 5.00. The van der Waals surface area contributed by atoms with Gasteiger partial charge >= 0.3 is 0 Å². The monoisotopic (exact) mass is 249 g/mol. The lowest BCUT2D eigenvalue weighted by Crippen LogP contribution is -2.33. The number of piperidine rings is 1. The van der Waals surface area contributed by atoms with Crippen LogP contribution in [0.2, 0.25) is 0 Å². The molecular weight excluding hydrogens is 226 g/mol. The molecule has 18 heavy (non-hydrogen) atoms. The number of rotatable bonds is 5. The Morgan fingerprint density at radius 3 is 2.44 bits per heavy atom. The fraction of sp³-hybridized carbons (Fsp3) is 0.600. The molecule has 1 saturated heterocycles. The standard InChI is InChI=1S/C15H23NO2/c1-13(17)14-5-7-15(8-6-14)18-12-11-16-9-3-2-4-10-16/h5-8,13,17H,2-4,9-12H2,1H3/t13-/m1/s1. The second-order valence-corrected chi connectivity index (χ2v) is 5.00. The third-order valence-electron chi connectivity index (χ3n) is 3.49. The molecule has 0 aromatic heterocycles. The Labute approximate surface area is 109 Å². The van der Waals surface area contributed by atoms with E-state index in [1.54, 1.807) is 6.92 Å². The molecule has 1 heterocycles. The highest BCUT2D eigenvalue weighted by molar-refractivity contribution is 5.28. The molecule has 1 aliphatic rings. The summed E-state index contributed by atoms with van der Waals surface area (Å²) in [6.07, 6.45) is 3.61. The average molecular weight is 249 g/mol. The highest BCUT2D eigenvalue weighted by Crippen LogP contribution is 2.17. The molecule has 0 radical (unpaired) electrons. The van der Waals surface area contributed by atoms with E-state index in [-0.39, 0.29) is 0 Å². The van der Waals surface area contributed by atoms with Gasteiger partial charge in [-0.15, -0.1) is 0 Å². The lowest BCUT2D eigenvalue weighted by molar-refractivity contribution is 0.183. The normalized spacial score (nSPS) is 18.6. The van der Waals surface area contributed by atoms with Crippen LogP contribution in [0.1, 0.15) is 37.9 Å². The van der Waals surface area contributed by atoms with Gasteiger partial charge in [-0.25, -0.2) is 0 Å². The smallest absolute Gasteiger partial charge is 0.119 e. The minimum atomic E-state index is -0.410. The van der Waals surface area contributed by atoms with Crippen molar-refractivity contribution in [2.24, 2.45) is 0 Å². The van der Waals surface area contributed by atoms with Crippen molar-refractivity contribution < 1.29 is 9.84 Å². The van der Waals surface area contributed by atoms with Crippen LogP contribution in [0.5, 0.6) is 5.75 Å². The predicted molar refractivity (Wildman–Crippen MR) is 72.9 cm³/mol. The number of hydrogen-bond acceptors (Lipinski definition) is 3. The van der Waals surface area contributed by atoms with E-state index in [1.165, 1.54) is 32.4 Å². The van der Waals surface area contributed by atoms with Crippen molar-refractivity contribution in [3.63, 3.8) is 0 Å². The molecule has 1 N–H and O–H groups in total. The van der Waals surface area contributed by atoms with Gasteiger partial charge in [-0.05, 0) is 50.6 Å². The highest BCUT2D eigenvalue weighted by Gasteiger charge is 2.09. The Kier molecular flexibility index (Phi) is 5.02. The summed E-state index contributed by atoms with van der Waals surface area (Å²) in [4.78, 5) is 2.47. The number of nitrogens with zero attached hydrogens (tertiary/aromatic N) is 1. The van der Waals surface area contributed by atoms with Gasteiger partial charge in [0.05, 0.1) is 6.10 Å². The lowest BCUT2D eigenvalue weighted by Gasteiger charge is -2.26. The van der Waals surface area contributed by atoms with Crippen molar-refractivity contribution in [2.75, 3.05) is 26.2 Å². The number of benzene rings is 1. The molecule has 0 amide bonds. The van der Waals surface area contributed by atoms with Gasteiger partial charge in [0.15, 0.2) is 0 Å². The minimum Gasteiger partial charge on any atom is -0.492 e. The molecule has 100 valence electrons. The molecule has 0 bridgehead atoms. The first-order chi connectivity index (χ1) is 8.75. The zero-order valence-corrected chi connectivity index (χ0v) is 11.1. The Balaban J connectivity index is 1.72. The Morgan fingerprint density at radius 1 is 1.17 bits per heavy atom. The van der Waals surface area contributed by atoms with Crippen LogP contribution in [0.15, 0.2) is 24.3 Å². The predicted octanol–water partition coefficient (Wildman–Crippen LogP) is 2.60. The van der Waals surface area contributed by atoms with E-state index in [4.69, 9.17) is 4.74 Å². The van der Waals surface area contributed by atoms with Crippen LogP contribution in [0.4, 0.5) is 0 Å². The third kappa shape index (κ3) is 4.00. The highest BCUT2D eigenvalue weighted by atomic mass is 16.5. The third-order valence-corrected chi connectivity index (χ3v) is 3.49. The SMILES string of the molecule is C[C@@H](O)c1ccc(OCCN2CCCCC2)cc1. The van der Waals surface area contributed by atoms with Crippen molar-refractivity contribution in [1.29, 1.82) is 0 Å². The number of hydrogen-bond donors (Lipinski definition) is 1. The molecule has 1 aromatic carbocycles. The van der Waals surface area contributed by atoms with E-state index >= 15 is 0 Å². The summed E-state index contributed by atoms with van der Waals surface area (Å²) in [7, 11) is 0. The maximum atomic E-state index is 9.41. The lowest BCUT2D eigenvalue weighted by atomic mass is 10.1. The van der Waals surface area contributed by atoms with E-state index < -0.39 is 6.10 Å². The molecule has 1 atom stereocenters. The van der Waals surface area contributed by atoms with Crippen molar-refractivity contribution in [3.8, 4) is 5.75 Å². The first-order valence-corrected chi connectivity index (χ1v) is 6.89. The largest absolute Gasteiger partial charge is 0.492 e. The number of aliphatic hydroxyl groups is 1. The fourth-order valence-corrected chi connectivity index (χ4v) is 2.32. The summed E-state index contributed by atoms with van der Waals surface area (Å²) >= 11 is 0. The molecule has 3 nitrogen and oxygen atoms in total. The van der Waals surface area contributed by atoms with Gasteiger partial charge in [-0.1, -0.05) is 18.6 Å². The van der Waals surface area contributed by atoms with Gasteiger partial charge in [0, 0.05) is 6.54 Å². The van der Waals surface area contributed by atoms with Crippen LogP contribution in [-0.2, 0) is 0 Å². The fourth-order valence-electron chi connectivity index (χ4n) is 2.32. The van der Waals surface area contributed by atoms with Crippen LogP contribution in [0.3, 0.4) is 0 Å². The molecule has 1 fully saturated rings. The molecule has 0 saturated carbocycles. The zero-order chi connectivity index (χ0) is 12.8. The molecule has 1 aliphatic heterocycles. The van der Waals surface area contributed by atoms with E-state index in [0.717, 1.165) is 24.5 Å². The van der Waals surface area contributed by atoms with Gasteiger partial charge in [0.25, 0.3) is 0 Å². The number of likely N-dealkylation sites (tertiary alicyclic amines) is 1. The average Bonchev–Trinajstić information content (AvgIpc) is 2.40. The van der Waals surface area contributed by atoms with Crippen LogP contribution in [0, 0.1) is 0 Å². The van der Waals surface area contributed by atoms with Crippen LogP contribution < -0.4 is 4.74 Å². The summed E-state index contributed by atoms with van der Waals surface area (Å²) in [5.41, 5.74) is 0.929.